The molecule has 0 unspecified atom stereocenters. The van der Waals surface area contributed by atoms with Crippen LogP contribution in [0.3, 0.4) is 0 Å². The molecule has 11 heteroatoms. The number of ether oxygens (including phenoxy) is 1. The zero-order valence-electron chi connectivity index (χ0n) is 26.4. The molecule has 0 heterocycles. The maximum absolute atomic E-state index is 15.1. The number of hydrogen-bond acceptors (Lipinski definition) is 5. The van der Waals surface area contributed by atoms with Gasteiger partial charge in [-0.15, -0.1) is 0 Å². The van der Waals surface area contributed by atoms with E-state index in [1.54, 1.807) is 54.6 Å². The van der Waals surface area contributed by atoms with Gasteiger partial charge in [-0.1, -0.05) is 77.8 Å². The molecule has 4 rings (SSSR count). The monoisotopic (exact) mass is 723 g/mol. The van der Waals surface area contributed by atoms with Gasteiger partial charge in [0.2, 0.25) is 11.8 Å². The van der Waals surface area contributed by atoms with Crippen molar-refractivity contribution < 1.29 is 27.1 Å². The van der Waals surface area contributed by atoms with Crippen LogP contribution in [0.2, 0.25) is 0 Å². The highest BCUT2D eigenvalue weighted by Gasteiger charge is 2.35. The molecule has 0 fully saturated rings. The lowest BCUT2D eigenvalue weighted by atomic mass is 10.0. The Hall–Kier alpha value is -4.22. The zero-order valence-corrected chi connectivity index (χ0v) is 28.8. The topological polar surface area (TPSA) is 96.0 Å². The Kier molecular flexibility index (Phi) is 12.9. The van der Waals surface area contributed by atoms with Crippen molar-refractivity contribution in [3.8, 4) is 5.75 Å². The third kappa shape index (κ3) is 9.65. The molecule has 0 saturated heterocycles. The van der Waals surface area contributed by atoms with Crippen LogP contribution in [0.5, 0.6) is 5.75 Å². The molecule has 0 saturated carbocycles. The molecule has 4 aromatic rings. The summed E-state index contributed by atoms with van der Waals surface area (Å²) >= 11 is 3.34. The largest absolute Gasteiger partial charge is 0.494 e. The van der Waals surface area contributed by atoms with E-state index in [-0.39, 0.29) is 29.1 Å². The number of unbranched alkanes of at least 4 members (excludes halogenated alkanes) is 1. The summed E-state index contributed by atoms with van der Waals surface area (Å²) in [4.78, 5) is 29.6. The zero-order chi connectivity index (χ0) is 33.8. The van der Waals surface area contributed by atoms with Gasteiger partial charge in [0.1, 0.15) is 24.2 Å². The molecule has 0 aromatic heterocycles. The van der Waals surface area contributed by atoms with E-state index >= 15 is 4.39 Å². The molecule has 1 N–H and O–H groups in total. The Labute approximate surface area is 284 Å². The van der Waals surface area contributed by atoms with Gasteiger partial charge < -0.3 is 15.0 Å². The SMILES string of the molecule is CCCCNC(=O)[C@H](Cc1ccccc1)N(Cc1ccccc1F)C(=O)CN(c1ccc(OCC)cc1)S(=O)(=O)c1ccc(Br)cc1. The van der Waals surface area contributed by atoms with Crippen LogP contribution in [0.4, 0.5) is 10.1 Å². The van der Waals surface area contributed by atoms with Gasteiger partial charge in [-0.05, 0) is 73.5 Å². The van der Waals surface area contributed by atoms with Crippen molar-refractivity contribution in [2.75, 3.05) is 24.0 Å². The maximum atomic E-state index is 15.1. The smallest absolute Gasteiger partial charge is 0.264 e. The minimum Gasteiger partial charge on any atom is -0.494 e. The fourth-order valence-corrected chi connectivity index (χ4v) is 6.69. The van der Waals surface area contributed by atoms with Gasteiger partial charge in [0.15, 0.2) is 0 Å². The van der Waals surface area contributed by atoms with E-state index in [9.17, 15) is 18.0 Å². The highest BCUT2D eigenvalue weighted by Crippen LogP contribution is 2.28. The highest BCUT2D eigenvalue weighted by molar-refractivity contribution is 9.10. The van der Waals surface area contributed by atoms with Crippen molar-refractivity contribution in [2.45, 2.75) is 50.6 Å². The number of carbonyl (C=O) groups excluding carboxylic acids is 2. The first-order valence-corrected chi connectivity index (χ1v) is 17.7. The average molecular weight is 725 g/mol. The minimum atomic E-state index is -4.28. The van der Waals surface area contributed by atoms with Crippen LogP contribution in [0.1, 0.15) is 37.8 Å². The summed E-state index contributed by atoms with van der Waals surface area (Å²) in [5, 5.41) is 2.93. The van der Waals surface area contributed by atoms with Crippen LogP contribution < -0.4 is 14.4 Å². The van der Waals surface area contributed by atoms with Crippen molar-refractivity contribution in [1.82, 2.24) is 10.2 Å². The molecule has 0 aliphatic heterocycles. The molecule has 47 heavy (non-hydrogen) atoms. The van der Waals surface area contributed by atoms with Crippen LogP contribution in [-0.2, 0) is 32.6 Å². The van der Waals surface area contributed by atoms with Crippen LogP contribution in [0, 0.1) is 5.82 Å². The quantitative estimate of drug-likeness (QED) is 0.129. The summed E-state index contributed by atoms with van der Waals surface area (Å²) < 4.78 is 50.6. The predicted molar refractivity (Wildman–Crippen MR) is 185 cm³/mol. The van der Waals surface area contributed by atoms with E-state index in [1.807, 2.05) is 44.2 Å². The number of amides is 2. The Bertz CT molecular complexity index is 1720. The Balaban J connectivity index is 1.80. The van der Waals surface area contributed by atoms with E-state index < -0.39 is 40.2 Å². The summed E-state index contributed by atoms with van der Waals surface area (Å²) in [6, 6.07) is 26.7. The van der Waals surface area contributed by atoms with Gasteiger partial charge in [-0.25, -0.2) is 12.8 Å². The molecular weight excluding hydrogens is 685 g/mol. The number of benzene rings is 4. The number of rotatable bonds is 16. The first-order valence-electron chi connectivity index (χ1n) is 15.5. The molecule has 0 radical (unpaired) electrons. The van der Waals surface area contributed by atoms with Gasteiger partial charge in [0.05, 0.1) is 17.2 Å². The summed E-state index contributed by atoms with van der Waals surface area (Å²) in [6.07, 6.45) is 1.73. The number of hydrogen-bond donors (Lipinski definition) is 1. The molecule has 0 aliphatic carbocycles. The summed E-state index contributed by atoms with van der Waals surface area (Å²) in [5.41, 5.74) is 1.21. The highest BCUT2D eigenvalue weighted by atomic mass is 79.9. The van der Waals surface area contributed by atoms with Crippen LogP contribution in [0.15, 0.2) is 112 Å². The molecule has 1 atom stereocenters. The fraction of sp³-hybridized carbons (Fsp3) is 0.278. The van der Waals surface area contributed by atoms with Crippen molar-refractivity contribution in [3.63, 3.8) is 0 Å². The third-order valence-corrected chi connectivity index (χ3v) is 9.83. The lowest BCUT2D eigenvalue weighted by molar-refractivity contribution is -0.140. The van der Waals surface area contributed by atoms with Gasteiger partial charge >= 0.3 is 0 Å². The van der Waals surface area contributed by atoms with E-state index in [2.05, 4.69) is 21.2 Å². The lowest BCUT2D eigenvalue weighted by Crippen LogP contribution is -2.53. The minimum absolute atomic E-state index is 0.0267. The number of halogens is 2. The Morgan fingerprint density at radius 3 is 2.19 bits per heavy atom. The first-order chi connectivity index (χ1) is 22.6. The number of nitrogens with one attached hydrogen (secondary N) is 1. The lowest BCUT2D eigenvalue weighted by Gasteiger charge is -2.34. The third-order valence-electron chi connectivity index (χ3n) is 7.52. The van der Waals surface area contributed by atoms with Crippen LogP contribution in [0.25, 0.3) is 0 Å². The van der Waals surface area contributed by atoms with Crippen LogP contribution >= 0.6 is 15.9 Å². The number of sulfonamides is 1. The van der Waals surface area contributed by atoms with Crippen molar-refractivity contribution in [3.05, 3.63) is 125 Å². The first kappa shape index (κ1) is 35.6. The van der Waals surface area contributed by atoms with Gasteiger partial charge in [0.25, 0.3) is 10.0 Å². The molecule has 0 aliphatic rings. The van der Waals surface area contributed by atoms with Crippen molar-refractivity contribution >= 4 is 43.5 Å². The van der Waals surface area contributed by atoms with E-state index in [0.29, 0.717) is 23.4 Å². The standard InChI is InChI=1S/C36H39BrFN3O5S/c1-3-5-23-39-36(43)34(24-27-11-7-6-8-12-27)40(25-28-13-9-10-14-33(28)38)35(42)26-41(30-17-19-31(20-18-30)46-4-2)47(44,45)32-21-15-29(37)16-22-32/h6-22,34H,3-5,23-26H2,1-2H3,(H,39,43)/t34-/m0/s1. The molecule has 8 nitrogen and oxygen atoms in total. The summed E-state index contributed by atoms with van der Waals surface area (Å²) in [6.45, 7) is 3.77. The fourth-order valence-electron chi connectivity index (χ4n) is 5.01. The maximum Gasteiger partial charge on any atom is 0.264 e. The molecule has 4 aromatic carbocycles. The number of carbonyl (C=O) groups is 2. The van der Waals surface area contributed by atoms with Crippen molar-refractivity contribution in [2.24, 2.45) is 0 Å². The average Bonchev–Trinajstić information content (AvgIpc) is 3.07. The molecule has 0 bridgehead atoms. The second-order valence-corrected chi connectivity index (χ2v) is 13.6. The summed E-state index contributed by atoms with van der Waals surface area (Å²) in [7, 11) is -4.28. The number of nitrogens with zero attached hydrogens (tertiary/aromatic N) is 2. The number of anilines is 1. The van der Waals surface area contributed by atoms with E-state index in [4.69, 9.17) is 4.74 Å². The van der Waals surface area contributed by atoms with Gasteiger partial charge in [-0.3, -0.25) is 13.9 Å². The molecule has 248 valence electrons. The Morgan fingerprint density at radius 1 is 0.894 bits per heavy atom. The van der Waals surface area contributed by atoms with E-state index in [1.165, 1.54) is 23.1 Å². The summed E-state index contributed by atoms with van der Waals surface area (Å²) in [5.74, 6) is -1.08. The molecule has 2 amide bonds. The second kappa shape index (κ2) is 17.1. The Morgan fingerprint density at radius 2 is 1.55 bits per heavy atom. The van der Waals surface area contributed by atoms with Gasteiger partial charge in [-0.2, -0.15) is 0 Å². The van der Waals surface area contributed by atoms with E-state index in [0.717, 1.165) is 22.7 Å². The van der Waals surface area contributed by atoms with Crippen molar-refractivity contribution in [1.29, 1.82) is 0 Å². The van der Waals surface area contributed by atoms with Crippen LogP contribution in [-0.4, -0.2) is 50.9 Å². The molecule has 0 spiro atoms. The molecular formula is C36H39BrFN3O5S. The predicted octanol–water partition coefficient (Wildman–Crippen LogP) is 6.74. The van der Waals surface area contributed by atoms with Gasteiger partial charge in [0, 0.05) is 29.5 Å². The second-order valence-electron chi connectivity index (χ2n) is 10.9. The normalized spacial score (nSPS) is 11.8.